The number of nitrogens with one attached hydrogen (secondary N) is 1. The number of rotatable bonds is 4. The molecule has 4 aromatic rings. The molecule has 154 valence electrons. The third-order valence-corrected chi connectivity index (χ3v) is 5.25. The Morgan fingerprint density at radius 3 is 2.73 bits per heavy atom. The number of hydrogen-bond donors (Lipinski definition) is 1. The number of halogens is 3. The lowest BCUT2D eigenvalue weighted by Crippen LogP contribution is -2.12. The van der Waals surface area contributed by atoms with Gasteiger partial charge in [-0.3, -0.25) is 4.79 Å². The fraction of sp³-hybridized carbons (Fsp3) is 0.200. The van der Waals surface area contributed by atoms with Crippen molar-refractivity contribution >= 4 is 34.0 Å². The van der Waals surface area contributed by atoms with Gasteiger partial charge in [-0.25, -0.2) is 14.6 Å². The smallest absolute Gasteiger partial charge is 0.319 e. The third-order valence-electron chi connectivity index (χ3n) is 4.35. The van der Waals surface area contributed by atoms with E-state index in [0.717, 1.165) is 28.9 Å². The van der Waals surface area contributed by atoms with Crippen molar-refractivity contribution in [2.24, 2.45) is 0 Å². The quantitative estimate of drug-likeness (QED) is 0.469. The van der Waals surface area contributed by atoms with E-state index in [9.17, 15) is 18.0 Å². The lowest BCUT2D eigenvalue weighted by molar-refractivity contribution is -0.137. The van der Waals surface area contributed by atoms with E-state index < -0.39 is 17.6 Å². The summed E-state index contributed by atoms with van der Waals surface area (Å²) in [6.07, 6.45) is -1.24. The van der Waals surface area contributed by atoms with E-state index in [1.165, 1.54) is 23.7 Å². The molecule has 4 rings (SSSR count). The van der Waals surface area contributed by atoms with Gasteiger partial charge in [0.15, 0.2) is 5.65 Å². The van der Waals surface area contributed by atoms with Crippen LogP contribution in [-0.2, 0) is 6.18 Å². The predicted molar refractivity (Wildman–Crippen MR) is 108 cm³/mol. The zero-order valence-corrected chi connectivity index (χ0v) is 16.8. The number of hydrogen-bond acceptors (Lipinski definition) is 5. The van der Waals surface area contributed by atoms with Crippen LogP contribution in [0.5, 0.6) is 0 Å². The van der Waals surface area contributed by atoms with Crippen LogP contribution in [-0.4, -0.2) is 25.7 Å². The summed E-state index contributed by atoms with van der Waals surface area (Å²) in [7, 11) is 0. The van der Waals surface area contributed by atoms with Gasteiger partial charge in [-0.15, -0.1) is 11.3 Å². The summed E-state index contributed by atoms with van der Waals surface area (Å²) in [4.78, 5) is 21.1. The van der Waals surface area contributed by atoms with Crippen molar-refractivity contribution in [3.05, 3.63) is 59.4 Å². The molecule has 10 heteroatoms. The van der Waals surface area contributed by atoms with Gasteiger partial charge < -0.3 is 5.32 Å². The first-order chi connectivity index (χ1) is 14.2. The Balaban J connectivity index is 1.54. The standard InChI is InChI=1S/C20H16F3N5OS/c1-11(2)28-17-13(8-25-28)7-15(9-24-17)26-18(29)16-10-30-19(27-16)12-4-3-5-14(6-12)20(21,22)23/h3-11H,1-2H3,(H,26,29). The molecule has 0 unspecified atom stereocenters. The lowest BCUT2D eigenvalue weighted by atomic mass is 10.1. The molecule has 3 aromatic heterocycles. The fourth-order valence-electron chi connectivity index (χ4n) is 2.92. The first kappa shape index (κ1) is 20.0. The molecule has 0 aliphatic heterocycles. The third kappa shape index (κ3) is 3.90. The summed E-state index contributed by atoms with van der Waals surface area (Å²) < 4.78 is 40.5. The van der Waals surface area contributed by atoms with E-state index in [1.807, 2.05) is 13.8 Å². The van der Waals surface area contributed by atoms with Crippen molar-refractivity contribution in [2.75, 3.05) is 5.32 Å². The molecule has 0 bridgehead atoms. The van der Waals surface area contributed by atoms with Gasteiger partial charge in [0, 0.05) is 22.4 Å². The van der Waals surface area contributed by atoms with Crippen LogP contribution >= 0.6 is 11.3 Å². The van der Waals surface area contributed by atoms with Gasteiger partial charge in [0.2, 0.25) is 0 Å². The summed E-state index contributed by atoms with van der Waals surface area (Å²) in [6.45, 7) is 3.99. The van der Waals surface area contributed by atoms with E-state index in [2.05, 4.69) is 20.4 Å². The van der Waals surface area contributed by atoms with Crippen molar-refractivity contribution in [3.8, 4) is 10.6 Å². The van der Waals surface area contributed by atoms with Gasteiger partial charge in [-0.05, 0) is 32.0 Å². The normalized spacial score (nSPS) is 11.9. The Morgan fingerprint density at radius 1 is 1.20 bits per heavy atom. The van der Waals surface area contributed by atoms with Crippen LogP contribution in [0.1, 0.15) is 35.9 Å². The highest BCUT2D eigenvalue weighted by atomic mass is 32.1. The minimum Gasteiger partial charge on any atom is -0.319 e. The van der Waals surface area contributed by atoms with Crippen LogP contribution in [0.3, 0.4) is 0 Å². The average molecular weight is 431 g/mol. The largest absolute Gasteiger partial charge is 0.416 e. The minimum atomic E-state index is -4.44. The van der Waals surface area contributed by atoms with Crippen LogP contribution in [0.2, 0.25) is 0 Å². The molecular weight excluding hydrogens is 415 g/mol. The molecule has 1 amide bonds. The molecule has 0 saturated carbocycles. The Bertz CT molecular complexity index is 1230. The van der Waals surface area contributed by atoms with E-state index in [0.29, 0.717) is 21.9 Å². The second-order valence-electron chi connectivity index (χ2n) is 6.89. The van der Waals surface area contributed by atoms with Gasteiger partial charge in [0.1, 0.15) is 10.7 Å². The van der Waals surface area contributed by atoms with Crippen LogP contribution in [0, 0.1) is 0 Å². The van der Waals surface area contributed by atoms with Gasteiger partial charge in [0.25, 0.3) is 5.91 Å². The van der Waals surface area contributed by atoms with E-state index in [4.69, 9.17) is 0 Å². The molecule has 1 N–H and O–H groups in total. The number of anilines is 1. The fourth-order valence-corrected chi connectivity index (χ4v) is 3.72. The number of carbonyl (C=O) groups excluding carboxylic acids is 1. The van der Waals surface area contributed by atoms with Crippen molar-refractivity contribution in [1.29, 1.82) is 0 Å². The molecule has 0 radical (unpaired) electrons. The Kier molecular flexibility index (Phi) is 5.02. The van der Waals surface area contributed by atoms with Crippen LogP contribution in [0.15, 0.2) is 48.1 Å². The number of benzene rings is 1. The van der Waals surface area contributed by atoms with E-state index in [1.54, 1.807) is 16.9 Å². The van der Waals surface area contributed by atoms with Crippen LogP contribution < -0.4 is 5.32 Å². The maximum absolute atomic E-state index is 12.9. The van der Waals surface area contributed by atoms with Crippen molar-refractivity contribution in [3.63, 3.8) is 0 Å². The molecule has 6 nitrogen and oxygen atoms in total. The highest BCUT2D eigenvalue weighted by Gasteiger charge is 2.30. The number of fused-ring (bicyclic) bond motifs is 1. The van der Waals surface area contributed by atoms with Crippen LogP contribution in [0.25, 0.3) is 21.6 Å². The summed E-state index contributed by atoms with van der Waals surface area (Å²) in [5, 5.41) is 9.62. The number of pyridine rings is 1. The van der Waals surface area contributed by atoms with Crippen molar-refractivity contribution < 1.29 is 18.0 Å². The zero-order chi connectivity index (χ0) is 21.5. The molecule has 3 heterocycles. The number of carbonyl (C=O) groups is 1. The molecule has 0 aliphatic rings. The Labute approximate surface area is 173 Å². The lowest BCUT2D eigenvalue weighted by Gasteiger charge is -2.07. The summed E-state index contributed by atoms with van der Waals surface area (Å²) in [5.74, 6) is -0.470. The second-order valence-corrected chi connectivity index (χ2v) is 7.75. The van der Waals surface area contributed by atoms with Crippen molar-refractivity contribution in [2.45, 2.75) is 26.1 Å². The summed E-state index contributed by atoms with van der Waals surface area (Å²) in [6, 6.07) is 6.77. The van der Waals surface area contributed by atoms with Crippen molar-refractivity contribution in [1.82, 2.24) is 19.7 Å². The Morgan fingerprint density at radius 2 is 2.00 bits per heavy atom. The van der Waals surface area contributed by atoms with Gasteiger partial charge >= 0.3 is 6.18 Å². The minimum absolute atomic E-state index is 0.116. The average Bonchev–Trinajstić information content (AvgIpc) is 3.34. The highest BCUT2D eigenvalue weighted by Crippen LogP contribution is 2.33. The molecule has 0 saturated heterocycles. The number of amides is 1. The van der Waals surface area contributed by atoms with Gasteiger partial charge in [-0.1, -0.05) is 12.1 Å². The summed E-state index contributed by atoms with van der Waals surface area (Å²) >= 11 is 1.10. The molecule has 0 fully saturated rings. The zero-order valence-electron chi connectivity index (χ0n) is 15.9. The second kappa shape index (κ2) is 7.52. The highest BCUT2D eigenvalue weighted by molar-refractivity contribution is 7.13. The first-order valence-electron chi connectivity index (χ1n) is 9.00. The molecule has 0 spiro atoms. The number of aromatic nitrogens is 4. The molecule has 0 atom stereocenters. The molecule has 30 heavy (non-hydrogen) atoms. The van der Waals surface area contributed by atoms with E-state index >= 15 is 0 Å². The topological polar surface area (TPSA) is 72.7 Å². The Hall–Kier alpha value is -3.27. The SMILES string of the molecule is CC(C)n1ncc2cc(NC(=O)c3csc(-c4cccc(C(F)(F)F)c4)n3)cnc21. The number of alkyl halides is 3. The molecular formula is C20H16F3N5OS. The van der Waals surface area contributed by atoms with E-state index in [-0.39, 0.29) is 11.7 Å². The predicted octanol–water partition coefficient (Wildman–Crippen LogP) is 5.41. The molecule has 0 aliphatic carbocycles. The number of thiazole rings is 1. The first-order valence-corrected chi connectivity index (χ1v) is 9.88. The maximum atomic E-state index is 12.9. The summed E-state index contributed by atoms with van der Waals surface area (Å²) in [5.41, 5.74) is 0.846. The maximum Gasteiger partial charge on any atom is 0.416 e. The molecule has 1 aromatic carbocycles. The van der Waals surface area contributed by atoms with Gasteiger partial charge in [0.05, 0.1) is 23.6 Å². The monoisotopic (exact) mass is 431 g/mol. The number of nitrogens with zero attached hydrogens (tertiary/aromatic N) is 4. The van der Waals surface area contributed by atoms with Gasteiger partial charge in [-0.2, -0.15) is 18.3 Å². The van der Waals surface area contributed by atoms with Crippen LogP contribution in [0.4, 0.5) is 18.9 Å².